The number of hydrogen-bond donors (Lipinski definition) is 1. The summed E-state index contributed by atoms with van der Waals surface area (Å²) in [5.41, 5.74) is 2.20. The number of benzene rings is 2. The van der Waals surface area contributed by atoms with Crippen molar-refractivity contribution in [2.75, 3.05) is 11.6 Å². The molecular weight excluding hydrogens is 477 g/mol. The van der Waals surface area contributed by atoms with E-state index in [1.165, 1.54) is 23.5 Å². The van der Waals surface area contributed by atoms with Crippen LogP contribution < -0.4 is 5.32 Å². The summed E-state index contributed by atoms with van der Waals surface area (Å²) in [5, 5.41) is 9.39. The highest BCUT2D eigenvalue weighted by Crippen LogP contribution is 2.31. The first-order valence-electron chi connectivity index (χ1n) is 9.14. The van der Waals surface area contributed by atoms with Crippen LogP contribution >= 0.6 is 34.5 Å². The zero-order valence-electron chi connectivity index (χ0n) is 16.5. The summed E-state index contributed by atoms with van der Waals surface area (Å²) in [7, 11) is -3.29. The molecule has 4 rings (SSSR count). The number of carbonyl (C=O) groups is 1. The molecule has 160 valence electrons. The van der Waals surface area contributed by atoms with Gasteiger partial charge in [0.2, 0.25) is 0 Å². The van der Waals surface area contributed by atoms with Crippen LogP contribution in [0.5, 0.6) is 0 Å². The largest absolute Gasteiger partial charge is 0.321 e. The normalized spacial score (nSPS) is 11.7. The molecule has 0 radical (unpaired) electrons. The molecule has 4 aromatic rings. The van der Waals surface area contributed by atoms with E-state index in [-0.39, 0.29) is 10.8 Å². The van der Waals surface area contributed by atoms with E-state index in [4.69, 9.17) is 23.2 Å². The number of aromatic nitrogens is 2. The van der Waals surface area contributed by atoms with Gasteiger partial charge in [-0.05, 0) is 55.0 Å². The molecule has 1 N–H and O–H groups in total. The number of nitrogens with one attached hydrogen (secondary N) is 1. The topological polar surface area (TPSA) is 81.1 Å². The fraction of sp³-hybridized carbons (Fsp3) is 0.143. The lowest BCUT2D eigenvalue weighted by atomic mass is 10.2. The Bertz CT molecular complexity index is 1410. The number of amides is 1. The van der Waals surface area contributed by atoms with Gasteiger partial charge in [0.05, 0.1) is 22.0 Å². The van der Waals surface area contributed by atoms with Gasteiger partial charge in [0, 0.05) is 27.4 Å². The van der Waals surface area contributed by atoms with Crippen LogP contribution in [0.4, 0.5) is 5.69 Å². The molecule has 0 aliphatic heterocycles. The molecule has 10 heteroatoms. The number of hydrogen-bond acceptors (Lipinski definition) is 5. The number of anilines is 1. The third kappa shape index (κ3) is 4.62. The lowest BCUT2D eigenvalue weighted by molar-refractivity contribution is 0.103. The van der Waals surface area contributed by atoms with Crippen LogP contribution in [0.15, 0.2) is 53.4 Å². The Morgan fingerprint density at radius 3 is 2.48 bits per heavy atom. The van der Waals surface area contributed by atoms with Crippen LogP contribution in [0, 0.1) is 6.92 Å². The average molecular weight is 494 g/mol. The van der Waals surface area contributed by atoms with Crippen LogP contribution in [0.25, 0.3) is 10.2 Å². The Labute approximate surface area is 193 Å². The number of rotatable bonds is 5. The minimum Gasteiger partial charge on any atom is -0.321 e. The monoisotopic (exact) mass is 493 g/mol. The number of halogens is 2. The van der Waals surface area contributed by atoms with Crippen molar-refractivity contribution < 1.29 is 13.2 Å². The summed E-state index contributed by atoms with van der Waals surface area (Å²) in [6.07, 6.45) is 1.14. The number of nitrogens with zero attached hydrogens (tertiary/aromatic N) is 2. The minimum absolute atomic E-state index is 0.198. The van der Waals surface area contributed by atoms with Crippen molar-refractivity contribution in [3.63, 3.8) is 0 Å². The highest BCUT2D eigenvalue weighted by Gasteiger charge is 2.17. The quantitative estimate of drug-likeness (QED) is 0.402. The van der Waals surface area contributed by atoms with Gasteiger partial charge >= 0.3 is 0 Å². The summed E-state index contributed by atoms with van der Waals surface area (Å²) in [6, 6.07) is 13.2. The molecule has 0 spiro atoms. The van der Waals surface area contributed by atoms with Gasteiger partial charge in [0.1, 0.15) is 4.83 Å². The van der Waals surface area contributed by atoms with Gasteiger partial charge in [-0.15, -0.1) is 11.3 Å². The van der Waals surface area contributed by atoms with E-state index in [0.29, 0.717) is 27.2 Å². The SMILES string of the molecule is Cc1nn(Cc2ccc(Cl)cc2Cl)c2sc(C(=O)Nc3ccc(S(C)(=O)=O)cc3)cc12. The molecular formula is C21H17Cl2N3O3S2. The Morgan fingerprint density at radius 1 is 1.13 bits per heavy atom. The van der Waals surface area contributed by atoms with Crippen LogP contribution in [0.2, 0.25) is 10.0 Å². The van der Waals surface area contributed by atoms with Crippen molar-refractivity contribution in [3.05, 3.63) is 74.7 Å². The van der Waals surface area contributed by atoms with Crippen LogP contribution in [-0.4, -0.2) is 30.4 Å². The fourth-order valence-corrected chi connectivity index (χ4v) is 5.28. The summed E-state index contributed by atoms with van der Waals surface area (Å²) >= 11 is 13.6. The van der Waals surface area contributed by atoms with Crippen molar-refractivity contribution in [1.82, 2.24) is 9.78 Å². The highest BCUT2D eigenvalue weighted by atomic mass is 35.5. The van der Waals surface area contributed by atoms with Crippen molar-refractivity contribution in [2.24, 2.45) is 0 Å². The molecule has 0 aliphatic rings. The average Bonchev–Trinajstić information content (AvgIpc) is 3.25. The molecule has 0 unspecified atom stereocenters. The molecule has 2 aromatic carbocycles. The maximum absolute atomic E-state index is 12.8. The fourth-order valence-electron chi connectivity index (χ4n) is 3.12. The zero-order chi connectivity index (χ0) is 22.3. The molecule has 31 heavy (non-hydrogen) atoms. The van der Waals surface area contributed by atoms with E-state index in [0.717, 1.165) is 27.7 Å². The summed E-state index contributed by atoms with van der Waals surface area (Å²) in [4.78, 5) is 14.3. The molecule has 2 aromatic heterocycles. The maximum atomic E-state index is 12.8. The summed E-state index contributed by atoms with van der Waals surface area (Å²) in [6.45, 7) is 2.34. The highest BCUT2D eigenvalue weighted by molar-refractivity contribution is 7.90. The number of fused-ring (bicyclic) bond motifs is 1. The molecule has 2 heterocycles. The van der Waals surface area contributed by atoms with Gasteiger partial charge in [-0.2, -0.15) is 5.10 Å². The van der Waals surface area contributed by atoms with E-state index < -0.39 is 9.84 Å². The number of sulfone groups is 1. The molecule has 0 fully saturated rings. The second-order valence-corrected chi connectivity index (χ2v) is 10.9. The zero-order valence-corrected chi connectivity index (χ0v) is 19.7. The van der Waals surface area contributed by atoms with Crippen molar-refractivity contribution in [1.29, 1.82) is 0 Å². The van der Waals surface area contributed by atoms with Gasteiger partial charge in [0.25, 0.3) is 5.91 Å². The first kappa shape index (κ1) is 21.8. The number of carbonyl (C=O) groups excluding carboxylic acids is 1. The smallest absolute Gasteiger partial charge is 0.265 e. The molecule has 0 aliphatic carbocycles. The molecule has 0 saturated carbocycles. The number of aryl methyl sites for hydroxylation is 1. The van der Waals surface area contributed by atoms with Gasteiger partial charge in [-0.25, -0.2) is 8.42 Å². The summed E-state index contributed by atoms with van der Waals surface area (Å²) < 4.78 is 25.0. The second kappa shape index (κ2) is 8.27. The molecule has 6 nitrogen and oxygen atoms in total. The number of thiophene rings is 1. The van der Waals surface area contributed by atoms with Gasteiger partial charge in [-0.3, -0.25) is 9.48 Å². The second-order valence-electron chi connectivity index (χ2n) is 7.06. The van der Waals surface area contributed by atoms with Crippen molar-refractivity contribution in [3.8, 4) is 0 Å². The standard InChI is InChI=1S/C21H17Cl2N3O3S2/c1-12-17-10-19(20(27)24-15-5-7-16(8-6-15)31(2,28)29)30-21(17)26(25-12)11-13-3-4-14(22)9-18(13)23/h3-10H,11H2,1-2H3,(H,24,27). The maximum Gasteiger partial charge on any atom is 0.265 e. The molecule has 0 saturated heterocycles. The Balaban J connectivity index is 1.59. The summed E-state index contributed by atoms with van der Waals surface area (Å²) in [5.74, 6) is -0.274. The van der Waals surface area contributed by atoms with Gasteiger partial charge in [0.15, 0.2) is 9.84 Å². The Hall–Kier alpha value is -2.39. The molecule has 1 amide bonds. The van der Waals surface area contributed by atoms with Gasteiger partial charge < -0.3 is 5.32 Å². The third-order valence-electron chi connectivity index (χ3n) is 4.71. The molecule has 0 atom stereocenters. The van der Waals surface area contributed by atoms with Crippen LogP contribution in [-0.2, 0) is 16.4 Å². The predicted octanol–water partition coefficient (Wildman–Crippen LogP) is 5.42. The van der Waals surface area contributed by atoms with Crippen LogP contribution in [0.1, 0.15) is 20.9 Å². The van der Waals surface area contributed by atoms with E-state index in [1.54, 1.807) is 24.3 Å². The third-order valence-corrected chi connectivity index (χ3v) is 7.57. The Kier molecular flexibility index (Phi) is 5.83. The minimum atomic E-state index is -3.29. The predicted molar refractivity (Wildman–Crippen MR) is 125 cm³/mol. The molecule has 0 bridgehead atoms. The lowest BCUT2D eigenvalue weighted by Crippen LogP contribution is -2.10. The lowest BCUT2D eigenvalue weighted by Gasteiger charge is -2.06. The van der Waals surface area contributed by atoms with Gasteiger partial charge in [-0.1, -0.05) is 29.3 Å². The van der Waals surface area contributed by atoms with E-state index in [9.17, 15) is 13.2 Å². The van der Waals surface area contributed by atoms with Crippen LogP contribution in [0.3, 0.4) is 0 Å². The Morgan fingerprint density at radius 2 is 1.84 bits per heavy atom. The van der Waals surface area contributed by atoms with Crippen molar-refractivity contribution >= 4 is 66.2 Å². The van der Waals surface area contributed by atoms with E-state index in [2.05, 4.69) is 10.4 Å². The van der Waals surface area contributed by atoms with E-state index >= 15 is 0 Å². The van der Waals surface area contributed by atoms with E-state index in [1.807, 2.05) is 23.7 Å². The first-order valence-corrected chi connectivity index (χ1v) is 12.6. The van der Waals surface area contributed by atoms with Crippen molar-refractivity contribution in [2.45, 2.75) is 18.4 Å². The first-order chi connectivity index (χ1) is 14.6.